The number of benzene rings is 1. The Labute approximate surface area is 164 Å². The molecule has 0 fully saturated rings. The largest absolute Gasteiger partial charge is 0.332 e. The van der Waals surface area contributed by atoms with E-state index in [1.165, 1.54) is 17.2 Å². The molecule has 0 saturated carbocycles. The molecule has 7 nitrogen and oxygen atoms in total. The molecular formula is C21H29N5O2. The van der Waals surface area contributed by atoms with Crippen molar-refractivity contribution < 1.29 is 0 Å². The Morgan fingerprint density at radius 3 is 2.50 bits per heavy atom. The number of aromatic nitrogens is 4. The summed E-state index contributed by atoms with van der Waals surface area (Å²) in [6, 6.07) is 11.0. The first-order valence-corrected chi connectivity index (χ1v) is 9.82. The van der Waals surface area contributed by atoms with E-state index in [0.717, 1.165) is 30.5 Å². The zero-order valence-corrected chi connectivity index (χ0v) is 17.1. The lowest BCUT2D eigenvalue weighted by Crippen LogP contribution is -2.38. The van der Waals surface area contributed by atoms with Gasteiger partial charge in [0.15, 0.2) is 11.2 Å². The van der Waals surface area contributed by atoms with Gasteiger partial charge >= 0.3 is 5.69 Å². The SMILES string of the molecule is CCN(CCCn1cnc2c1c(=O)n(C)c(=O)n2C)C(C)Cc1ccccc1. The van der Waals surface area contributed by atoms with E-state index < -0.39 is 0 Å². The van der Waals surface area contributed by atoms with Gasteiger partial charge in [-0.05, 0) is 31.9 Å². The Bertz CT molecular complexity index is 1050. The molecule has 28 heavy (non-hydrogen) atoms. The molecule has 2 aromatic heterocycles. The number of likely N-dealkylation sites (N-methyl/N-ethyl adjacent to an activating group) is 1. The van der Waals surface area contributed by atoms with Crippen LogP contribution >= 0.6 is 0 Å². The van der Waals surface area contributed by atoms with Gasteiger partial charge in [0.25, 0.3) is 5.56 Å². The molecule has 3 aromatic rings. The summed E-state index contributed by atoms with van der Waals surface area (Å²) in [6.45, 7) is 7.05. The number of nitrogens with zero attached hydrogens (tertiary/aromatic N) is 5. The quantitative estimate of drug-likeness (QED) is 0.595. The summed E-state index contributed by atoms with van der Waals surface area (Å²) in [6.07, 6.45) is 3.59. The molecule has 3 rings (SSSR count). The smallest absolute Gasteiger partial charge is 0.325 e. The van der Waals surface area contributed by atoms with Crippen LogP contribution in [0.25, 0.3) is 11.2 Å². The first-order chi connectivity index (χ1) is 13.4. The molecule has 1 aromatic carbocycles. The van der Waals surface area contributed by atoms with Crippen molar-refractivity contribution in [2.75, 3.05) is 13.1 Å². The topological polar surface area (TPSA) is 65.1 Å². The van der Waals surface area contributed by atoms with Crippen molar-refractivity contribution in [3.05, 3.63) is 63.1 Å². The van der Waals surface area contributed by atoms with Crippen LogP contribution in [0.3, 0.4) is 0 Å². The normalized spacial score (nSPS) is 12.8. The second-order valence-corrected chi connectivity index (χ2v) is 7.34. The molecule has 0 aliphatic heterocycles. The Kier molecular flexibility index (Phi) is 6.14. The van der Waals surface area contributed by atoms with Crippen molar-refractivity contribution >= 4 is 11.2 Å². The minimum Gasteiger partial charge on any atom is -0.325 e. The van der Waals surface area contributed by atoms with Gasteiger partial charge in [0, 0.05) is 33.2 Å². The number of imidazole rings is 1. The molecule has 1 unspecified atom stereocenters. The molecule has 0 aliphatic rings. The van der Waals surface area contributed by atoms with Crippen LogP contribution < -0.4 is 11.2 Å². The molecule has 0 spiro atoms. The third kappa shape index (κ3) is 3.94. The maximum atomic E-state index is 12.5. The molecule has 1 atom stereocenters. The van der Waals surface area contributed by atoms with Crippen LogP contribution in [0.1, 0.15) is 25.8 Å². The number of fused-ring (bicyclic) bond motifs is 1. The number of hydrogen-bond donors (Lipinski definition) is 0. The number of hydrogen-bond acceptors (Lipinski definition) is 4. The van der Waals surface area contributed by atoms with Crippen molar-refractivity contribution in [2.24, 2.45) is 14.1 Å². The third-order valence-electron chi connectivity index (χ3n) is 5.47. The van der Waals surface area contributed by atoms with Crippen LogP contribution in [0.2, 0.25) is 0 Å². The average Bonchev–Trinajstić information content (AvgIpc) is 3.12. The van der Waals surface area contributed by atoms with Crippen LogP contribution in [0.4, 0.5) is 0 Å². The van der Waals surface area contributed by atoms with Crippen LogP contribution in [-0.4, -0.2) is 42.7 Å². The maximum Gasteiger partial charge on any atom is 0.332 e. The fourth-order valence-corrected chi connectivity index (χ4v) is 3.79. The highest BCUT2D eigenvalue weighted by atomic mass is 16.2. The van der Waals surface area contributed by atoms with Crippen LogP contribution in [0.5, 0.6) is 0 Å². The Hall–Kier alpha value is -2.67. The standard InChI is InChI=1S/C21H29N5O2/c1-5-25(16(2)14-17-10-7-6-8-11-17)12-9-13-26-15-22-19-18(26)20(27)24(4)21(28)23(19)3/h6-8,10-11,15-16H,5,9,12-14H2,1-4H3. The maximum absolute atomic E-state index is 12.5. The average molecular weight is 383 g/mol. The van der Waals surface area contributed by atoms with Gasteiger partial charge in [-0.3, -0.25) is 13.9 Å². The zero-order chi connectivity index (χ0) is 20.3. The highest BCUT2D eigenvalue weighted by Gasteiger charge is 2.15. The fraction of sp³-hybridized carbons (Fsp3) is 0.476. The van der Waals surface area contributed by atoms with Gasteiger partial charge in [-0.2, -0.15) is 0 Å². The molecule has 7 heteroatoms. The van der Waals surface area contributed by atoms with Gasteiger partial charge in [-0.15, -0.1) is 0 Å². The van der Waals surface area contributed by atoms with E-state index in [4.69, 9.17) is 0 Å². The summed E-state index contributed by atoms with van der Waals surface area (Å²) in [4.78, 5) is 31.3. The first-order valence-electron chi connectivity index (χ1n) is 9.82. The molecular weight excluding hydrogens is 354 g/mol. The summed E-state index contributed by atoms with van der Waals surface area (Å²) in [5.74, 6) is 0. The lowest BCUT2D eigenvalue weighted by Gasteiger charge is -2.28. The van der Waals surface area contributed by atoms with Crippen LogP contribution in [0.15, 0.2) is 46.2 Å². The van der Waals surface area contributed by atoms with Gasteiger partial charge in [-0.25, -0.2) is 9.78 Å². The minimum absolute atomic E-state index is 0.291. The van der Waals surface area contributed by atoms with Gasteiger partial charge in [-0.1, -0.05) is 37.3 Å². The van der Waals surface area contributed by atoms with Crippen molar-refractivity contribution in [2.45, 2.75) is 39.3 Å². The van der Waals surface area contributed by atoms with E-state index in [9.17, 15) is 9.59 Å². The van der Waals surface area contributed by atoms with E-state index in [1.807, 2.05) is 10.6 Å². The lowest BCUT2D eigenvalue weighted by atomic mass is 10.1. The summed E-state index contributed by atoms with van der Waals surface area (Å²) in [5, 5.41) is 0. The monoisotopic (exact) mass is 383 g/mol. The van der Waals surface area contributed by atoms with E-state index in [-0.39, 0.29) is 11.2 Å². The van der Waals surface area contributed by atoms with E-state index in [1.54, 1.807) is 13.4 Å². The first kappa shape index (κ1) is 20.1. The van der Waals surface area contributed by atoms with Crippen LogP contribution in [-0.2, 0) is 27.1 Å². The van der Waals surface area contributed by atoms with Gasteiger partial charge < -0.3 is 9.47 Å². The van der Waals surface area contributed by atoms with Crippen molar-refractivity contribution in [1.29, 1.82) is 0 Å². The number of aryl methyl sites for hydroxylation is 2. The Morgan fingerprint density at radius 2 is 1.82 bits per heavy atom. The zero-order valence-electron chi connectivity index (χ0n) is 17.1. The summed E-state index contributed by atoms with van der Waals surface area (Å²) < 4.78 is 4.43. The molecule has 0 amide bonds. The van der Waals surface area contributed by atoms with Crippen molar-refractivity contribution in [3.8, 4) is 0 Å². The Balaban J connectivity index is 1.68. The van der Waals surface area contributed by atoms with Crippen molar-refractivity contribution in [1.82, 2.24) is 23.6 Å². The van der Waals surface area contributed by atoms with Crippen molar-refractivity contribution in [3.63, 3.8) is 0 Å². The second kappa shape index (κ2) is 8.56. The molecule has 2 heterocycles. The van der Waals surface area contributed by atoms with Crippen LogP contribution in [0, 0.1) is 0 Å². The van der Waals surface area contributed by atoms with E-state index in [0.29, 0.717) is 23.8 Å². The molecule has 0 N–H and O–H groups in total. The predicted molar refractivity (Wildman–Crippen MR) is 112 cm³/mol. The Morgan fingerprint density at radius 1 is 1.11 bits per heavy atom. The minimum atomic E-state index is -0.352. The molecule has 0 radical (unpaired) electrons. The molecule has 0 bridgehead atoms. The molecule has 150 valence electrons. The van der Waals surface area contributed by atoms with Gasteiger partial charge in [0.1, 0.15) is 0 Å². The highest BCUT2D eigenvalue weighted by Crippen LogP contribution is 2.11. The van der Waals surface area contributed by atoms with Gasteiger partial charge in [0.05, 0.1) is 6.33 Å². The molecule has 0 saturated heterocycles. The van der Waals surface area contributed by atoms with Gasteiger partial charge in [0.2, 0.25) is 0 Å². The second-order valence-electron chi connectivity index (χ2n) is 7.34. The fourth-order valence-electron chi connectivity index (χ4n) is 3.79. The predicted octanol–water partition coefficient (Wildman–Crippen LogP) is 1.78. The lowest BCUT2D eigenvalue weighted by molar-refractivity contribution is 0.212. The summed E-state index contributed by atoms with van der Waals surface area (Å²) in [5.41, 5.74) is 1.64. The molecule has 0 aliphatic carbocycles. The third-order valence-corrected chi connectivity index (χ3v) is 5.47. The summed E-state index contributed by atoms with van der Waals surface area (Å²) in [7, 11) is 3.15. The number of rotatable bonds is 8. The summed E-state index contributed by atoms with van der Waals surface area (Å²) >= 11 is 0. The highest BCUT2D eigenvalue weighted by molar-refractivity contribution is 5.69. The van der Waals surface area contributed by atoms with E-state index in [2.05, 4.69) is 48.0 Å². The van der Waals surface area contributed by atoms with E-state index >= 15 is 0 Å².